The molecule has 1 aliphatic carbocycles. The maximum absolute atomic E-state index is 11.0. The summed E-state index contributed by atoms with van der Waals surface area (Å²) in [6.07, 6.45) is 6.18. The Labute approximate surface area is 131 Å². The van der Waals surface area contributed by atoms with Gasteiger partial charge >= 0.3 is 0 Å². The molecule has 0 spiro atoms. The number of aliphatic hydroxyl groups is 1. The lowest BCUT2D eigenvalue weighted by atomic mass is 9.84. The summed E-state index contributed by atoms with van der Waals surface area (Å²) in [5.41, 5.74) is 0.0967. The highest BCUT2D eigenvalue weighted by atomic mass is 16.5. The van der Waals surface area contributed by atoms with Crippen LogP contribution in [0.3, 0.4) is 0 Å². The van der Waals surface area contributed by atoms with Crippen LogP contribution in [0.25, 0.3) is 6.08 Å². The van der Waals surface area contributed by atoms with Gasteiger partial charge in [0.2, 0.25) is 0 Å². The first-order valence-electron chi connectivity index (χ1n) is 7.62. The van der Waals surface area contributed by atoms with Crippen molar-refractivity contribution in [3.8, 4) is 5.75 Å². The minimum absolute atomic E-state index is 0.00861. The average Bonchev–Trinajstić information content (AvgIpc) is 2.87. The van der Waals surface area contributed by atoms with Gasteiger partial charge in [-0.05, 0) is 30.5 Å². The highest BCUT2D eigenvalue weighted by molar-refractivity contribution is 5.53. The Morgan fingerprint density at radius 3 is 2.68 bits per heavy atom. The van der Waals surface area contributed by atoms with Crippen LogP contribution in [0.2, 0.25) is 0 Å². The molecule has 0 bridgehead atoms. The Morgan fingerprint density at radius 1 is 1.23 bits per heavy atom. The van der Waals surface area contributed by atoms with Crippen LogP contribution in [0, 0.1) is 5.92 Å². The zero-order chi connectivity index (χ0) is 15.6. The smallest absolute Gasteiger partial charge is 0.140 e. The van der Waals surface area contributed by atoms with Gasteiger partial charge in [-0.25, -0.2) is 0 Å². The minimum atomic E-state index is -0.930. The van der Waals surface area contributed by atoms with Gasteiger partial charge in [-0.3, -0.25) is 0 Å². The molecule has 1 N–H and O–H groups in total. The highest BCUT2D eigenvalue weighted by Crippen LogP contribution is 2.46. The van der Waals surface area contributed by atoms with Crippen molar-refractivity contribution in [1.82, 2.24) is 0 Å². The minimum Gasteiger partial charge on any atom is -0.497 e. The SMILES string of the molecule is COC1=C2OCCC[C@H]2[C@@](O)(/C=C/c2ccc(OC)cc2)C1. The van der Waals surface area contributed by atoms with Crippen LogP contribution in [-0.2, 0) is 9.47 Å². The maximum atomic E-state index is 11.0. The van der Waals surface area contributed by atoms with E-state index in [0.717, 1.165) is 35.7 Å². The Balaban J connectivity index is 1.80. The molecule has 0 aromatic heterocycles. The fourth-order valence-corrected chi connectivity index (χ4v) is 3.22. The predicted molar refractivity (Wildman–Crippen MR) is 84.3 cm³/mol. The topological polar surface area (TPSA) is 47.9 Å². The second-order valence-corrected chi connectivity index (χ2v) is 5.81. The molecule has 0 amide bonds. The van der Waals surface area contributed by atoms with Gasteiger partial charge in [0.25, 0.3) is 0 Å². The molecule has 0 radical (unpaired) electrons. The Morgan fingerprint density at radius 2 is 2.00 bits per heavy atom. The molecule has 2 atom stereocenters. The van der Waals surface area contributed by atoms with E-state index in [1.54, 1.807) is 14.2 Å². The van der Waals surface area contributed by atoms with Gasteiger partial charge in [0.05, 0.1) is 26.7 Å². The Kier molecular flexibility index (Phi) is 4.12. The third kappa shape index (κ3) is 2.71. The lowest BCUT2D eigenvalue weighted by Gasteiger charge is -2.31. The summed E-state index contributed by atoms with van der Waals surface area (Å²) in [5.74, 6) is 2.41. The summed E-state index contributed by atoms with van der Waals surface area (Å²) < 4.78 is 16.3. The quantitative estimate of drug-likeness (QED) is 0.928. The van der Waals surface area contributed by atoms with Crippen LogP contribution in [0.1, 0.15) is 24.8 Å². The predicted octanol–water partition coefficient (Wildman–Crippen LogP) is 3.13. The summed E-state index contributed by atoms with van der Waals surface area (Å²) in [4.78, 5) is 0. The van der Waals surface area contributed by atoms with E-state index in [1.165, 1.54) is 0 Å². The molecule has 4 heteroatoms. The molecule has 2 aliphatic rings. The lowest BCUT2D eigenvalue weighted by Crippen LogP contribution is -2.35. The number of methoxy groups -OCH3 is 2. The summed E-state index contributed by atoms with van der Waals surface area (Å²) in [7, 11) is 3.28. The molecule has 0 unspecified atom stereocenters. The lowest BCUT2D eigenvalue weighted by molar-refractivity contribution is 0.00949. The van der Waals surface area contributed by atoms with E-state index >= 15 is 0 Å². The number of rotatable bonds is 4. The zero-order valence-corrected chi connectivity index (χ0v) is 13.0. The largest absolute Gasteiger partial charge is 0.497 e. The van der Waals surface area contributed by atoms with Crippen molar-refractivity contribution in [3.63, 3.8) is 0 Å². The van der Waals surface area contributed by atoms with E-state index < -0.39 is 5.60 Å². The van der Waals surface area contributed by atoms with Crippen molar-refractivity contribution in [3.05, 3.63) is 47.4 Å². The van der Waals surface area contributed by atoms with Crippen LogP contribution < -0.4 is 4.74 Å². The molecule has 22 heavy (non-hydrogen) atoms. The van der Waals surface area contributed by atoms with Crippen LogP contribution in [0.15, 0.2) is 41.9 Å². The number of ether oxygens (including phenoxy) is 3. The first-order chi connectivity index (χ1) is 10.7. The summed E-state index contributed by atoms with van der Waals surface area (Å²) in [5, 5.41) is 11.0. The second-order valence-electron chi connectivity index (χ2n) is 5.81. The van der Waals surface area contributed by atoms with Crippen LogP contribution in [0.4, 0.5) is 0 Å². The van der Waals surface area contributed by atoms with Gasteiger partial charge in [-0.15, -0.1) is 0 Å². The molecule has 1 aromatic rings. The van der Waals surface area contributed by atoms with E-state index in [4.69, 9.17) is 14.2 Å². The monoisotopic (exact) mass is 302 g/mol. The third-order valence-electron chi connectivity index (χ3n) is 4.46. The van der Waals surface area contributed by atoms with Gasteiger partial charge < -0.3 is 19.3 Å². The second kappa shape index (κ2) is 6.05. The first-order valence-corrected chi connectivity index (χ1v) is 7.62. The third-order valence-corrected chi connectivity index (χ3v) is 4.46. The Hall–Kier alpha value is -1.94. The van der Waals surface area contributed by atoms with Gasteiger partial charge in [0.1, 0.15) is 22.9 Å². The molecule has 3 rings (SSSR count). The average molecular weight is 302 g/mol. The molecule has 118 valence electrons. The highest BCUT2D eigenvalue weighted by Gasteiger charge is 2.47. The van der Waals surface area contributed by atoms with E-state index in [0.29, 0.717) is 13.0 Å². The fraction of sp³-hybridized carbons (Fsp3) is 0.444. The standard InChI is InChI=1S/C18H22O4/c1-20-14-7-5-13(6-8-14)9-10-18(19)12-16(21-2)17-15(18)4-3-11-22-17/h5-10,15,19H,3-4,11-12H2,1-2H3/b10-9+/t15-,18-/m1/s1. The van der Waals surface area contributed by atoms with E-state index in [9.17, 15) is 5.11 Å². The van der Waals surface area contributed by atoms with E-state index in [1.807, 2.05) is 36.4 Å². The van der Waals surface area contributed by atoms with Crippen molar-refractivity contribution in [1.29, 1.82) is 0 Å². The van der Waals surface area contributed by atoms with Crippen molar-refractivity contribution in [2.75, 3.05) is 20.8 Å². The van der Waals surface area contributed by atoms with Crippen LogP contribution in [-0.4, -0.2) is 31.5 Å². The number of fused-ring (bicyclic) bond motifs is 1. The van der Waals surface area contributed by atoms with Gasteiger partial charge in [-0.1, -0.05) is 24.3 Å². The van der Waals surface area contributed by atoms with E-state index in [2.05, 4.69) is 0 Å². The normalized spacial score (nSPS) is 27.7. The van der Waals surface area contributed by atoms with Crippen molar-refractivity contribution in [2.45, 2.75) is 24.9 Å². The van der Waals surface area contributed by atoms with Gasteiger partial charge in [-0.2, -0.15) is 0 Å². The molecular formula is C18H22O4. The summed E-state index contributed by atoms with van der Waals surface area (Å²) in [6.45, 7) is 0.705. The van der Waals surface area contributed by atoms with Crippen molar-refractivity contribution < 1.29 is 19.3 Å². The van der Waals surface area contributed by atoms with Crippen molar-refractivity contribution >= 4 is 6.08 Å². The maximum Gasteiger partial charge on any atom is 0.140 e. The first kappa shape index (κ1) is 15.0. The molecule has 4 nitrogen and oxygen atoms in total. The molecule has 1 heterocycles. The molecule has 0 saturated carbocycles. The van der Waals surface area contributed by atoms with Gasteiger partial charge in [0, 0.05) is 6.42 Å². The molecule has 1 aliphatic heterocycles. The number of hydrogen-bond acceptors (Lipinski definition) is 4. The molecule has 1 saturated heterocycles. The number of benzene rings is 1. The molecule has 1 aromatic carbocycles. The molecule has 1 fully saturated rings. The van der Waals surface area contributed by atoms with E-state index in [-0.39, 0.29) is 5.92 Å². The fourth-order valence-electron chi connectivity index (χ4n) is 3.22. The van der Waals surface area contributed by atoms with Gasteiger partial charge in [0.15, 0.2) is 0 Å². The van der Waals surface area contributed by atoms with Crippen molar-refractivity contribution in [2.24, 2.45) is 5.92 Å². The van der Waals surface area contributed by atoms with Crippen LogP contribution >= 0.6 is 0 Å². The Bertz CT molecular complexity index is 588. The molecular weight excluding hydrogens is 280 g/mol. The zero-order valence-electron chi connectivity index (χ0n) is 13.0. The number of hydrogen-bond donors (Lipinski definition) is 1. The summed E-state index contributed by atoms with van der Waals surface area (Å²) in [6, 6.07) is 7.76. The van der Waals surface area contributed by atoms with Crippen LogP contribution in [0.5, 0.6) is 5.75 Å². The summed E-state index contributed by atoms with van der Waals surface area (Å²) >= 11 is 0.